The van der Waals surface area contributed by atoms with Crippen molar-refractivity contribution in [1.29, 1.82) is 0 Å². The van der Waals surface area contributed by atoms with Crippen molar-refractivity contribution < 1.29 is 18.6 Å². The number of hydrogen-bond acceptors (Lipinski definition) is 4. The summed E-state index contributed by atoms with van der Waals surface area (Å²) in [5.41, 5.74) is 3.38. The highest BCUT2D eigenvalue weighted by Crippen LogP contribution is 2.51. The lowest BCUT2D eigenvalue weighted by Gasteiger charge is -2.36. The van der Waals surface area contributed by atoms with Crippen LogP contribution in [0.1, 0.15) is 28.5 Å². The molecule has 2 heterocycles. The van der Waals surface area contributed by atoms with Gasteiger partial charge in [0, 0.05) is 18.4 Å². The van der Waals surface area contributed by atoms with Crippen molar-refractivity contribution in [3.63, 3.8) is 0 Å². The molecule has 1 saturated heterocycles. The lowest BCUT2D eigenvalue weighted by Crippen LogP contribution is -2.32. The first-order chi connectivity index (χ1) is 11.3. The molecule has 0 spiro atoms. The van der Waals surface area contributed by atoms with Crippen LogP contribution >= 0.6 is 0 Å². The summed E-state index contributed by atoms with van der Waals surface area (Å²) in [6, 6.07) is 10.9. The highest BCUT2D eigenvalue weighted by molar-refractivity contribution is 5.48. The van der Waals surface area contributed by atoms with Crippen LogP contribution in [0.25, 0.3) is 0 Å². The second-order valence-corrected chi connectivity index (χ2v) is 6.23. The standard InChI is InChI=1S/C18H16FNO3/c19-11-2-3-12-13(6-11)14-7-20-18(17(12)14)21-8-10-1-4-15-16(5-10)23-9-22-15/h1-6,14,17-18,20H,7-9H2. The van der Waals surface area contributed by atoms with Gasteiger partial charge >= 0.3 is 0 Å². The third-order valence-electron chi connectivity index (χ3n) is 4.97. The predicted molar refractivity (Wildman–Crippen MR) is 81.0 cm³/mol. The van der Waals surface area contributed by atoms with Gasteiger partial charge in [-0.15, -0.1) is 0 Å². The Balaban J connectivity index is 1.30. The molecule has 0 amide bonds. The molecule has 4 nitrogen and oxygen atoms in total. The molecule has 23 heavy (non-hydrogen) atoms. The Hall–Kier alpha value is -2.11. The Kier molecular flexibility index (Phi) is 2.87. The quantitative estimate of drug-likeness (QED) is 0.946. The Morgan fingerprint density at radius 2 is 2.00 bits per heavy atom. The maximum Gasteiger partial charge on any atom is 0.231 e. The fourth-order valence-electron chi connectivity index (χ4n) is 3.84. The van der Waals surface area contributed by atoms with E-state index in [0.29, 0.717) is 18.4 Å². The van der Waals surface area contributed by atoms with Gasteiger partial charge in [-0.2, -0.15) is 0 Å². The van der Waals surface area contributed by atoms with Gasteiger partial charge in [-0.25, -0.2) is 4.39 Å². The monoisotopic (exact) mass is 313 g/mol. The van der Waals surface area contributed by atoms with E-state index in [-0.39, 0.29) is 18.8 Å². The molecule has 1 N–H and O–H groups in total. The molecule has 2 aromatic rings. The molecule has 118 valence electrons. The van der Waals surface area contributed by atoms with E-state index in [0.717, 1.165) is 29.2 Å². The van der Waals surface area contributed by atoms with Crippen LogP contribution in [0.2, 0.25) is 0 Å². The molecule has 3 atom stereocenters. The molecule has 0 saturated carbocycles. The Morgan fingerprint density at radius 1 is 1.09 bits per heavy atom. The van der Waals surface area contributed by atoms with Gasteiger partial charge in [0.2, 0.25) is 6.79 Å². The molecular weight excluding hydrogens is 297 g/mol. The van der Waals surface area contributed by atoms with Crippen LogP contribution < -0.4 is 14.8 Å². The van der Waals surface area contributed by atoms with Gasteiger partial charge < -0.3 is 14.2 Å². The van der Waals surface area contributed by atoms with Crippen LogP contribution in [0.5, 0.6) is 11.5 Å². The van der Waals surface area contributed by atoms with Crippen molar-refractivity contribution in [3.8, 4) is 11.5 Å². The summed E-state index contributed by atoms with van der Waals surface area (Å²) in [4.78, 5) is 0. The van der Waals surface area contributed by atoms with Crippen molar-refractivity contribution in [3.05, 3.63) is 58.9 Å². The molecule has 0 bridgehead atoms. The van der Waals surface area contributed by atoms with Crippen LogP contribution in [-0.2, 0) is 11.3 Å². The highest BCUT2D eigenvalue weighted by Gasteiger charge is 2.47. The molecule has 1 fully saturated rings. The fourth-order valence-corrected chi connectivity index (χ4v) is 3.84. The fraction of sp³-hybridized carbons (Fsp3) is 0.333. The average Bonchev–Trinajstić information content (AvgIpc) is 3.15. The van der Waals surface area contributed by atoms with Crippen molar-refractivity contribution in [2.75, 3.05) is 13.3 Å². The zero-order valence-corrected chi connectivity index (χ0v) is 12.4. The smallest absolute Gasteiger partial charge is 0.231 e. The van der Waals surface area contributed by atoms with E-state index >= 15 is 0 Å². The molecule has 0 radical (unpaired) electrons. The minimum absolute atomic E-state index is 0.0246. The Morgan fingerprint density at radius 3 is 2.96 bits per heavy atom. The number of benzene rings is 2. The van der Waals surface area contributed by atoms with Crippen molar-refractivity contribution in [2.45, 2.75) is 24.7 Å². The van der Waals surface area contributed by atoms with E-state index < -0.39 is 0 Å². The van der Waals surface area contributed by atoms with Gasteiger partial charge in [0.15, 0.2) is 11.5 Å². The zero-order chi connectivity index (χ0) is 15.4. The lowest BCUT2D eigenvalue weighted by molar-refractivity contribution is 0.0151. The summed E-state index contributed by atoms with van der Waals surface area (Å²) in [6.45, 7) is 1.63. The van der Waals surface area contributed by atoms with Crippen LogP contribution in [0.4, 0.5) is 4.39 Å². The Bertz CT molecular complexity index is 779. The summed E-state index contributed by atoms with van der Waals surface area (Å²) in [5.74, 6) is 2.07. The van der Waals surface area contributed by atoms with Crippen LogP contribution in [-0.4, -0.2) is 19.6 Å². The number of ether oxygens (including phenoxy) is 3. The van der Waals surface area contributed by atoms with Gasteiger partial charge in [-0.1, -0.05) is 12.1 Å². The molecule has 1 aliphatic carbocycles. The van der Waals surface area contributed by atoms with Crippen LogP contribution in [0.15, 0.2) is 36.4 Å². The van der Waals surface area contributed by atoms with E-state index in [9.17, 15) is 4.39 Å². The number of fused-ring (bicyclic) bond motifs is 5. The zero-order valence-electron chi connectivity index (χ0n) is 12.4. The Labute approximate surface area is 133 Å². The maximum absolute atomic E-state index is 13.3. The summed E-state index contributed by atoms with van der Waals surface area (Å²) < 4.78 is 30.1. The third kappa shape index (κ3) is 2.04. The number of halogens is 1. The third-order valence-corrected chi connectivity index (χ3v) is 4.97. The van der Waals surface area contributed by atoms with Crippen LogP contribution in [0.3, 0.4) is 0 Å². The van der Waals surface area contributed by atoms with Crippen LogP contribution in [0, 0.1) is 5.82 Å². The lowest BCUT2D eigenvalue weighted by atomic mass is 9.69. The predicted octanol–water partition coefficient (Wildman–Crippen LogP) is 2.88. The van der Waals surface area contributed by atoms with E-state index in [2.05, 4.69) is 5.32 Å². The summed E-state index contributed by atoms with van der Waals surface area (Å²) in [5, 5.41) is 3.41. The largest absolute Gasteiger partial charge is 0.454 e. The van der Waals surface area contributed by atoms with Crippen molar-refractivity contribution in [2.24, 2.45) is 0 Å². The van der Waals surface area contributed by atoms with Gasteiger partial charge in [-0.3, -0.25) is 5.32 Å². The molecule has 2 aliphatic heterocycles. The van der Waals surface area contributed by atoms with Gasteiger partial charge in [0.1, 0.15) is 12.0 Å². The van der Waals surface area contributed by atoms with Gasteiger partial charge in [0.25, 0.3) is 0 Å². The summed E-state index contributed by atoms with van der Waals surface area (Å²) in [7, 11) is 0. The average molecular weight is 313 g/mol. The highest BCUT2D eigenvalue weighted by atomic mass is 19.1. The molecule has 2 aromatic carbocycles. The minimum atomic E-state index is -0.160. The van der Waals surface area contributed by atoms with Crippen molar-refractivity contribution in [1.82, 2.24) is 5.32 Å². The SMILES string of the molecule is Fc1ccc2c(c1)C1CNC(OCc3ccc4c(c3)OCO4)C21. The molecule has 5 heteroatoms. The first-order valence-electron chi connectivity index (χ1n) is 7.82. The minimum Gasteiger partial charge on any atom is -0.454 e. The normalized spacial score (nSPS) is 26.6. The summed E-state index contributed by atoms with van der Waals surface area (Å²) in [6.07, 6.45) is -0.0246. The van der Waals surface area contributed by atoms with E-state index in [4.69, 9.17) is 14.2 Å². The first-order valence-corrected chi connectivity index (χ1v) is 7.82. The van der Waals surface area contributed by atoms with E-state index in [1.54, 1.807) is 6.07 Å². The number of rotatable bonds is 3. The topological polar surface area (TPSA) is 39.7 Å². The maximum atomic E-state index is 13.3. The second kappa shape index (κ2) is 4.94. The van der Waals surface area contributed by atoms with Gasteiger partial charge in [0.05, 0.1) is 6.61 Å². The van der Waals surface area contributed by atoms with Crippen molar-refractivity contribution >= 4 is 0 Å². The molecular formula is C18H16FNO3. The number of nitrogens with one attached hydrogen (secondary N) is 1. The molecule has 0 aromatic heterocycles. The summed E-state index contributed by atoms with van der Waals surface area (Å²) >= 11 is 0. The van der Waals surface area contributed by atoms with E-state index in [1.165, 1.54) is 11.6 Å². The molecule has 5 rings (SSSR count). The number of hydrogen-bond donors (Lipinski definition) is 1. The first kappa shape index (κ1) is 13.3. The van der Waals surface area contributed by atoms with Gasteiger partial charge in [-0.05, 0) is 41.0 Å². The van der Waals surface area contributed by atoms with E-state index in [1.807, 2.05) is 24.3 Å². The molecule has 3 unspecified atom stereocenters. The second-order valence-electron chi connectivity index (χ2n) is 6.23. The molecule has 3 aliphatic rings.